The third kappa shape index (κ3) is 6.39. The Balaban J connectivity index is 0.000000648. The van der Waals surface area contributed by atoms with Gasteiger partial charge >= 0.3 is 5.97 Å². The van der Waals surface area contributed by atoms with Crippen LogP contribution in [0.3, 0.4) is 0 Å². The number of hydrogen-bond donors (Lipinski definition) is 0. The summed E-state index contributed by atoms with van der Waals surface area (Å²) in [4.78, 5) is 13.5. The fourth-order valence-electron chi connectivity index (χ4n) is 4.83. The number of ether oxygens (including phenoxy) is 2. The number of allylic oxidation sites excluding steroid dienone is 3. The molecule has 0 saturated carbocycles. The van der Waals surface area contributed by atoms with Gasteiger partial charge in [0.2, 0.25) is 5.88 Å². The Labute approximate surface area is 227 Å². The Kier molecular flexibility index (Phi) is 8.25. The third-order valence-electron chi connectivity index (χ3n) is 6.34. The third-order valence-corrected chi connectivity index (χ3v) is 6.34. The van der Waals surface area contributed by atoms with Crippen molar-refractivity contribution in [1.29, 1.82) is 5.26 Å². The average Bonchev–Trinajstić information content (AvgIpc) is 3.52. The van der Waals surface area contributed by atoms with Crippen LogP contribution in [-0.4, -0.2) is 23.7 Å². The molecule has 0 saturated heterocycles. The van der Waals surface area contributed by atoms with Gasteiger partial charge in [0.25, 0.3) is 5.82 Å². The number of nitriles is 1. The van der Waals surface area contributed by atoms with E-state index >= 15 is 0 Å². The summed E-state index contributed by atoms with van der Waals surface area (Å²) in [6, 6.07) is 14.2. The maximum absolute atomic E-state index is 11.3. The van der Waals surface area contributed by atoms with Gasteiger partial charge in [-0.3, -0.25) is 4.79 Å². The Bertz CT molecular complexity index is 1510. The quantitative estimate of drug-likeness (QED) is 0.297. The van der Waals surface area contributed by atoms with E-state index in [9.17, 15) is 10.1 Å². The monoisotopic (exact) mass is 554 g/mol. The number of benzene rings is 2. The molecule has 39 heavy (non-hydrogen) atoms. The van der Waals surface area contributed by atoms with Crippen LogP contribution in [0.15, 0.2) is 54.4 Å². The maximum atomic E-state index is 11.3. The van der Waals surface area contributed by atoms with Crippen molar-refractivity contribution in [3.63, 3.8) is 0 Å². The maximum Gasteiger partial charge on any atom is 0.302 e. The molecule has 2 aromatic carbocycles. The minimum Gasteiger partial charge on any atom is -0.462 e. The number of esters is 1. The lowest BCUT2D eigenvalue weighted by Crippen LogP contribution is -2.68. The van der Waals surface area contributed by atoms with Crippen molar-refractivity contribution in [1.82, 2.24) is 4.57 Å². The van der Waals surface area contributed by atoms with Crippen LogP contribution in [0.4, 0.5) is 5.69 Å². The topological polar surface area (TPSA) is 164 Å². The molecule has 0 aliphatic carbocycles. The number of hydrogen-bond acceptors (Lipinski definition) is 9. The summed E-state index contributed by atoms with van der Waals surface area (Å²) in [5, 5.41) is 9.39. The lowest BCUT2D eigenvalue weighted by Gasteiger charge is -2.17. The molecule has 12 heteroatoms. The van der Waals surface area contributed by atoms with E-state index in [1.807, 2.05) is 30.3 Å². The van der Waals surface area contributed by atoms with E-state index in [2.05, 4.69) is 52.2 Å². The second-order valence-electron chi connectivity index (χ2n) is 8.92. The van der Waals surface area contributed by atoms with Crippen LogP contribution >= 0.6 is 0 Å². The second kappa shape index (κ2) is 11.4. The van der Waals surface area contributed by atoms with E-state index < -0.39 is 10.2 Å². The first-order valence-electron chi connectivity index (χ1n) is 12.2. The van der Waals surface area contributed by atoms with Crippen molar-refractivity contribution in [3.8, 4) is 11.8 Å². The highest BCUT2D eigenvalue weighted by atomic mass is 35.7. The molecule has 1 aromatic heterocycles. The van der Waals surface area contributed by atoms with Gasteiger partial charge < -0.3 is 14.4 Å². The number of rotatable bonds is 5. The van der Waals surface area contributed by atoms with E-state index in [0.717, 1.165) is 53.7 Å². The fourth-order valence-corrected chi connectivity index (χ4v) is 4.83. The summed E-state index contributed by atoms with van der Waals surface area (Å²) in [6.45, 7) is 8.10. The Morgan fingerprint density at radius 3 is 2.62 bits per heavy atom. The Morgan fingerprint density at radius 2 is 1.95 bits per heavy atom. The molecule has 11 nitrogen and oxygen atoms in total. The molecule has 204 valence electrons. The molecule has 3 heterocycles. The van der Waals surface area contributed by atoms with E-state index in [-0.39, 0.29) is 5.97 Å². The highest BCUT2D eigenvalue weighted by Gasteiger charge is 2.33. The van der Waals surface area contributed by atoms with E-state index in [1.54, 1.807) is 0 Å². The first-order valence-corrected chi connectivity index (χ1v) is 13.4. The number of aromatic nitrogens is 2. The molecule has 2 aliphatic rings. The molecule has 0 radical (unpaired) electrons. The molecule has 2 aliphatic heterocycles. The molecule has 0 atom stereocenters. The van der Waals surface area contributed by atoms with Gasteiger partial charge in [0.05, 0.1) is 23.9 Å². The second-order valence-corrected chi connectivity index (χ2v) is 9.68. The van der Waals surface area contributed by atoms with Crippen molar-refractivity contribution < 1.29 is 47.7 Å². The molecular formula is C27H27ClN4O7. The van der Waals surface area contributed by atoms with E-state index in [4.69, 9.17) is 28.1 Å². The van der Waals surface area contributed by atoms with E-state index in [1.165, 1.54) is 18.1 Å². The van der Waals surface area contributed by atoms with Gasteiger partial charge in [-0.1, -0.05) is 6.07 Å². The number of halogens is 1. The van der Waals surface area contributed by atoms with Gasteiger partial charge in [0.1, 0.15) is 13.2 Å². The van der Waals surface area contributed by atoms with Crippen LogP contribution in [0.2, 0.25) is 0 Å². The van der Waals surface area contributed by atoms with Crippen LogP contribution in [0.5, 0.6) is 5.75 Å². The molecule has 0 bridgehead atoms. The summed E-state index contributed by atoms with van der Waals surface area (Å²) < 4.78 is 49.8. The summed E-state index contributed by atoms with van der Waals surface area (Å²) in [5.41, 5.74) is 6.14. The van der Waals surface area contributed by atoms with E-state index in [0.29, 0.717) is 18.7 Å². The van der Waals surface area contributed by atoms with Crippen molar-refractivity contribution in [3.05, 3.63) is 71.4 Å². The minimum atomic E-state index is -4.94. The molecule has 0 N–H and O–H groups in total. The lowest BCUT2D eigenvalue weighted by molar-refractivity contribution is -2.00. The van der Waals surface area contributed by atoms with Gasteiger partial charge in [-0.05, 0) is 55.8 Å². The van der Waals surface area contributed by atoms with Crippen LogP contribution in [0.1, 0.15) is 37.2 Å². The van der Waals surface area contributed by atoms with Gasteiger partial charge in [-0.2, -0.15) is 5.26 Å². The largest absolute Gasteiger partial charge is 0.462 e. The molecule has 5 rings (SSSR count). The number of carbonyl (C=O) groups excluding carboxylic acids is 1. The zero-order chi connectivity index (χ0) is 28.3. The van der Waals surface area contributed by atoms with Crippen molar-refractivity contribution in [2.24, 2.45) is 0 Å². The fraction of sp³-hybridized carbons (Fsp3) is 0.296. The number of anilines is 1. The molecular weight excluding hydrogens is 528 g/mol. The smallest absolute Gasteiger partial charge is 0.302 e. The number of nitrogens with zero attached hydrogens (tertiary/aromatic N) is 4. The Hall–Kier alpha value is -3.92. The number of fused-ring (bicyclic) bond motifs is 4. The standard InChI is InChI=1S/C27H27N4O3.ClHO4/c1-4-29-24-15-18(2)5-9-25(24)34-26(29)10-7-21-11-12-30-23-16-20(17-28)6-8-22(23)31(27(21)30)13-14-33-19(3)32;2-1(3,4)5/h5-10,15-16H,4,11-14H2,1-3H3;(H,2,3,4,5)/q+1;/p-1. The van der Waals surface area contributed by atoms with Gasteiger partial charge in [-0.25, -0.2) is 27.8 Å². The van der Waals surface area contributed by atoms with Crippen molar-refractivity contribution in [2.75, 3.05) is 18.1 Å². The highest BCUT2D eigenvalue weighted by Crippen LogP contribution is 2.39. The Morgan fingerprint density at radius 1 is 1.21 bits per heavy atom. The molecule has 0 fully saturated rings. The first kappa shape index (κ1) is 28.1. The summed E-state index contributed by atoms with van der Waals surface area (Å²) >= 11 is 0. The van der Waals surface area contributed by atoms with Crippen molar-refractivity contribution >= 4 is 28.3 Å². The van der Waals surface area contributed by atoms with Crippen LogP contribution in [-0.2, 0) is 22.6 Å². The van der Waals surface area contributed by atoms with Gasteiger partial charge in [0.15, 0.2) is 16.8 Å². The molecule has 0 unspecified atom stereocenters. The van der Waals surface area contributed by atoms with Crippen LogP contribution in [0, 0.1) is 28.5 Å². The van der Waals surface area contributed by atoms with Gasteiger partial charge in [0, 0.05) is 31.5 Å². The highest BCUT2D eigenvalue weighted by molar-refractivity contribution is 5.79. The summed E-state index contributed by atoms with van der Waals surface area (Å²) in [5.74, 6) is 2.46. The normalized spacial score (nSPS) is 16.0. The predicted octanol–water partition coefficient (Wildman–Crippen LogP) is -0.537. The molecule has 0 spiro atoms. The van der Waals surface area contributed by atoms with Crippen LogP contribution < -0.4 is 32.8 Å². The van der Waals surface area contributed by atoms with Crippen molar-refractivity contribution in [2.45, 2.75) is 40.3 Å². The number of carbonyl (C=O) groups is 1. The summed E-state index contributed by atoms with van der Waals surface area (Å²) in [7, 11) is -4.94. The zero-order valence-corrected chi connectivity index (χ0v) is 22.4. The van der Waals surface area contributed by atoms with Crippen LogP contribution in [0.25, 0.3) is 16.6 Å². The SMILES string of the molecule is CCN1C(=CC=C2CCn3c2[n+](CCOC(C)=O)c2ccc(C#N)cc23)Oc2ccc(C)cc21.[O-][Cl+3]([O-])([O-])[O-]. The van der Waals surface area contributed by atoms with Gasteiger partial charge in [-0.15, -0.1) is 10.2 Å². The first-order chi connectivity index (χ1) is 18.5. The predicted molar refractivity (Wildman–Crippen MR) is 129 cm³/mol. The number of imidazole rings is 1. The summed E-state index contributed by atoms with van der Waals surface area (Å²) in [6.07, 6.45) is 5.04. The molecule has 3 aromatic rings. The average molecular weight is 555 g/mol. The number of aryl methyl sites for hydroxylation is 2. The lowest BCUT2D eigenvalue weighted by atomic mass is 10.2. The minimum absolute atomic E-state index is 0.291. The molecule has 0 amide bonds. The zero-order valence-electron chi connectivity index (χ0n) is 21.7.